The molecule has 0 aliphatic carbocycles. The van der Waals surface area contributed by atoms with Gasteiger partial charge in [0.15, 0.2) is 6.29 Å². The van der Waals surface area contributed by atoms with Crippen LogP contribution < -0.4 is 0 Å². The highest BCUT2D eigenvalue weighted by atomic mass is 32.2. The molecule has 1 N–H and O–H groups in total. The first-order valence-electron chi connectivity index (χ1n) is 4.55. The van der Waals surface area contributed by atoms with E-state index in [9.17, 15) is 4.79 Å². The lowest BCUT2D eigenvalue weighted by molar-refractivity contribution is -0.0842. The van der Waals surface area contributed by atoms with Crippen LogP contribution in [0, 0.1) is 0 Å². The number of carboxylic acids is 1. The van der Waals surface area contributed by atoms with E-state index in [4.69, 9.17) is 14.6 Å². The molecule has 0 saturated heterocycles. The number of thioether (sulfide) groups is 1. The van der Waals surface area contributed by atoms with Gasteiger partial charge in [-0.3, -0.25) is 0 Å². The molecule has 88 valence electrons. The summed E-state index contributed by atoms with van der Waals surface area (Å²) >= 11 is 1.38. The van der Waals surface area contributed by atoms with Gasteiger partial charge in [0, 0.05) is 20.4 Å². The van der Waals surface area contributed by atoms with Gasteiger partial charge in [0.05, 0.1) is 16.3 Å². The third-order valence-electron chi connectivity index (χ3n) is 1.87. The number of pyridine rings is 1. The minimum Gasteiger partial charge on any atom is -0.478 e. The molecule has 0 radical (unpaired) electrons. The number of aromatic nitrogens is 1. The molecular weight excluding hydrogens is 230 g/mol. The molecule has 1 rings (SSSR count). The molecule has 0 amide bonds. The normalized spacial score (nSPS) is 10.7. The molecule has 16 heavy (non-hydrogen) atoms. The lowest BCUT2D eigenvalue weighted by Crippen LogP contribution is -2.15. The van der Waals surface area contributed by atoms with Crippen molar-refractivity contribution in [3.8, 4) is 0 Å². The van der Waals surface area contributed by atoms with E-state index in [-0.39, 0.29) is 11.9 Å². The van der Waals surface area contributed by atoms with Crippen LogP contribution in [-0.4, -0.2) is 42.3 Å². The smallest absolute Gasteiger partial charge is 0.335 e. The topological polar surface area (TPSA) is 68.7 Å². The monoisotopic (exact) mass is 243 g/mol. The summed E-state index contributed by atoms with van der Waals surface area (Å²) in [4.78, 5) is 14.8. The second-order valence-corrected chi connectivity index (χ2v) is 3.94. The molecule has 0 atom stereocenters. The number of ether oxygens (including phenoxy) is 2. The predicted octanol–water partition coefficient (Wildman–Crippen LogP) is 1.49. The summed E-state index contributed by atoms with van der Waals surface area (Å²) in [5.74, 6) is -0.400. The molecule has 1 aromatic rings. The van der Waals surface area contributed by atoms with Gasteiger partial charge >= 0.3 is 5.97 Å². The number of carboxylic acid groups (broad SMARTS) is 1. The molecule has 0 fully saturated rings. The lowest BCUT2D eigenvalue weighted by Gasteiger charge is -2.12. The van der Waals surface area contributed by atoms with Crippen molar-refractivity contribution in [3.05, 3.63) is 23.9 Å². The lowest BCUT2D eigenvalue weighted by atomic mass is 10.3. The highest BCUT2D eigenvalue weighted by Crippen LogP contribution is 2.18. The number of aromatic carboxylic acids is 1. The SMILES string of the molecule is COC(CSc1cc(C(=O)O)ccn1)OC. The quantitative estimate of drug-likeness (QED) is 0.603. The largest absolute Gasteiger partial charge is 0.478 e. The Morgan fingerprint density at radius 1 is 1.56 bits per heavy atom. The molecule has 5 nitrogen and oxygen atoms in total. The van der Waals surface area contributed by atoms with Crippen molar-refractivity contribution < 1.29 is 19.4 Å². The maximum absolute atomic E-state index is 10.7. The number of methoxy groups -OCH3 is 2. The first-order chi connectivity index (χ1) is 7.67. The summed E-state index contributed by atoms with van der Waals surface area (Å²) in [5, 5.41) is 9.43. The number of rotatable bonds is 6. The maximum atomic E-state index is 10.7. The van der Waals surface area contributed by atoms with Crippen LogP contribution in [-0.2, 0) is 9.47 Å². The zero-order valence-corrected chi connectivity index (χ0v) is 9.86. The van der Waals surface area contributed by atoms with Gasteiger partial charge in [-0.15, -0.1) is 11.8 Å². The fourth-order valence-corrected chi connectivity index (χ4v) is 1.93. The molecule has 0 bridgehead atoms. The van der Waals surface area contributed by atoms with E-state index in [1.807, 2.05) is 0 Å². The van der Waals surface area contributed by atoms with Gasteiger partial charge in [-0.1, -0.05) is 0 Å². The van der Waals surface area contributed by atoms with Crippen LogP contribution in [0.25, 0.3) is 0 Å². The van der Waals surface area contributed by atoms with E-state index < -0.39 is 5.97 Å². The summed E-state index contributed by atoms with van der Waals surface area (Å²) in [5.41, 5.74) is 0.226. The van der Waals surface area contributed by atoms with E-state index in [2.05, 4.69) is 4.98 Å². The molecule has 1 aromatic heterocycles. The highest BCUT2D eigenvalue weighted by molar-refractivity contribution is 7.99. The molecule has 0 unspecified atom stereocenters. The molecule has 0 saturated carbocycles. The molecule has 6 heteroatoms. The van der Waals surface area contributed by atoms with E-state index in [1.165, 1.54) is 30.1 Å². The zero-order valence-electron chi connectivity index (χ0n) is 9.04. The second-order valence-electron chi connectivity index (χ2n) is 2.90. The number of hydrogen-bond acceptors (Lipinski definition) is 5. The van der Waals surface area contributed by atoms with Crippen LogP contribution in [0.3, 0.4) is 0 Å². The van der Waals surface area contributed by atoms with Gasteiger partial charge in [-0.25, -0.2) is 9.78 Å². The molecule has 1 heterocycles. The van der Waals surface area contributed by atoms with Gasteiger partial charge < -0.3 is 14.6 Å². The van der Waals surface area contributed by atoms with Crippen LogP contribution in [0.2, 0.25) is 0 Å². The Morgan fingerprint density at radius 3 is 2.81 bits per heavy atom. The Balaban J connectivity index is 2.60. The molecular formula is C10H13NO4S. The standard InChI is InChI=1S/C10H13NO4S/c1-14-9(15-2)6-16-8-5-7(10(12)13)3-4-11-8/h3-5,9H,6H2,1-2H3,(H,12,13). The minimum atomic E-state index is -0.959. The number of nitrogens with zero attached hydrogens (tertiary/aromatic N) is 1. The van der Waals surface area contributed by atoms with Gasteiger partial charge in [-0.2, -0.15) is 0 Å². The molecule has 0 aliphatic rings. The Hall–Kier alpha value is -1.11. The van der Waals surface area contributed by atoms with E-state index in [0.717, 1.165) is 0 Å². The van der Waals surface area contributed by atoms with Crippen molar-refractivity contribution >= 4 is 17.7 Å². The summed E-state index contributed by atoms with van der Waals surface area (Å²) < 4.78 is 10.0. The average molecular weight is 243 g/mol. The molecule has 0 aliphatic heterocycles. The van der Waals surface area contributed by atoms with Gasteiger partial charge in [0.25, 0.3) is 0 Å². The number of hydrogen-bond donors (Lipinski definition) is 1. The fraction of sp³-hybridized carbons (Fsp3) is 0.400. The van der Waals surface area contributed by atoms with Crippen molar-refractivity contribution in [1.82, 2.24) is 4.98 Å². The minimum absolute atomic E-state index is 0.226. The third-order valence-corrected chi connectivity index (χ3v) is 2.83. The fourth-order valence-electron chi connectivity index (χ4n) is 1.01. The van der Waals surface area contributed by atoms with Crippen molar-refractivity contribution in [1.29, 1.82) is 0 Å². The summed E-state index contributed by atoms with van der Waals surface area (Å²) in [6.45, 7) is 0. The maximum Gasteiger partial charge on any atom is 0.335 e. The van der Waals surface area contributed by atoms with Crippen molar-refractivity contribution in [2.24, 2.45) is 0 Å². The number of carbonyl (C=O) groups is 1. The molecule has 0 spiro atoms. The Morgan fingerprint density at radius 2 is 2.25 bits per heavy atom. The van der Waals surface area contributed by atoms with Crippen LogP contribution in [0.15, 0.2) is 23.4 Å². The Labute approximate surface area is 97.8 Å². The van der Waals surface area contributed by atoms with Gasteiger partial charge in [0.1, 0.15) is 0 Å². The molecule has 0 aromatic carbocycles. The van der Waals surface area contributed by atoms with Crippen LogP contribution >= 0.6 is 11.8 Å². The second kappa shape index (κ2) is 6.47. The predicted molar refractivity (Wildman–Crippen MR) is 59.7 cm³/mol. The summed E-state index contributed by atoms with van der Waals surface area (Å²) in [7, 11) is 3.10. The summed E-state index contributed by atoms with van der Waals surface area (Å²) in [6, 6.07) is 2.98. The van der Waals surface area contributed by atoms with Gasteiger partial charge in [-0.05, 0) is 12.1 Å². The van der Waals surface area contributed by atoms with E-state index in [0.29, 0.717) is 10.8 Å². The Bertz CT molecular complexity index is 354. The highest BCUT2D eigenvalue weighted by Gasteiger charge is 2.08. The van der Waals surface area contributed by atoms with Crippen molar-refractivity contribution in [3.63, 3.8) is 0 Å². The van der Waals surface area contributed by atoms with Crippen molar-refractivity contribution in [2.75, 3.05) is 20.0 Å². The zero-order chi connectivity index (χ0) is 12.0. The van der Waals surface area contributed by atoms with Crippen LogP contribution in [0.5, 0.6) is 0 Å². The third kappa shape index (κ3) is 3.80. The first-order valence-corrected chi connectivity index (χ1v) is 5.53. The Kier molecular flexibility index (Phi) is 5.24. The van der Waals surface area contributed by atoms with Crippen LogP contribution in [0.4, 0.5) is 0 Å². The first kappa shape index (κ1) is 13.0. The van der Waals surface area contributed by atoms with E-state index in [1.54, 1.807) is 14.2 Å². The van der Waals surface area contributed by atoms with Crippen molar-refractivity contribution in [2.45, 2.75) is 11.3 Å². The van der Waals surface area contributed by atoms with Crippen LogP contribution in [0.1, 0.15) is 10.4 Å². The average Bonchev–Trinajstić information content (AvgIpc) is 2.31. The summed E-state index contributed by atoms with van der Waals surface area (Å²) in [6.07, 6.45) is 1.15. The van der Waals surface area contributed by atoms with E-state index >= 15 is 0 Å². The van der Waals surface area contributed by atoms with Gasteiger partial charge in [0.2, 0.25) is 0 Å².